The lowest BCUT2D eigenvalue weighted by Crippen LogP contribution is -2.33. The Morgan fingerprint density at radius 2 is 1.94 bits per heavy atom. The van der Waals surface area contributed by atoms with Crippen LogP contribution in [0.3, 0.4) is 0 Å². The summed E-state index contributed by atoms with van der Waals surface area (Å²) in [5, 5.41) is 8.40. The number of rotatable bonds is 7. The first-order valence-electron chi connectivity index (χ1n) is 10.6. The maximum absolute atomic E-state index is 12.9. The number of carbonyl (C=O) groups is 1. The summed E-state index contributed by atoms with van der Waals surface area (Å²) >= 11 is 5.90. The van der Waals surface area contributed by atoms with Crippen LogP contribution in [0.25, 0.3) is 22.4 Å². The number of carbonyl (C=O) groups excluding carboxylic acids is 1. The Hall–Kier alpha value is -3.45. The summed E-state index contributed by atoms with van der Waals surface area (Å²) < 4.78 is 6.91. The van der Waals surface area contributed by atoms with Crippen LogP contribution in [0.15, 0.2) is 63.9 Å². The minimum Gasteiger partial charge on any atom is -0.354 e. The van der Waals surface area contributed by atoms with Crippen molar-refractivity contribution in [3.05, 3.63) is 81.4 Å². The van der Waals surface area contributed by atoms with Crippen LogP contribution in [0.1, 0.15) is 30.1 Å². The molecule has 0 spiro atoms. The van der Waals surface area contributed by atoms with Crippen LogP contribution in [-0.2, 0) is 17.8 Å². The minimum absolute atomic E-state index is 0.0720. The molecule has 1 N–H and O–H groups in total. The van der Waals surface area contributed by atoms with Crippen LogP contribution in [0, 0.1) is 0 Å². The molecule has 2 heterocycles. The Balaban J connectivity index is 1.35. The number of pyridine rings is 1. The summed E-state index contributed by atoms with van der Waals surface area (Å²) in [6.45, 7) is 0.397. The summed E-state index contributed by atoms with van der Waals surface area (Å²) in [6, 6.07) is 16.4. The van der Waals surface area contributed by atoms with Crippen molar-refractivity contribution in [1.82, 2.24) is 20.0 Å². The molecule has 5 rings (SSSR count). The first-order chi connectivity index (χ1) is 15.6. The number of fused-ring (bicyclic) bond motifs is 1. The molecule has 2 aromatic carbocycles. The Labute approximate surface area is 189 Å². The van der Waals surface area contributed by atoms with Crippen molar-refractivity contribution in [3.8, 4) is 11.5 Å². The quantitative estimate of drug-likeness (QED) is 0.462. The summed E-state index contributed by atoms with van der Waals surface area (Å²) in [6.07, 6.45) is 2.81. The van der Waals surface area contributed by atoms with E-state index in [2.05, 4.69) is 15.5 Å². The molecule has 1 saturated carbocycles. The molecule has 4 aromatic rings. The van der Waals surface area contributed by atoms with Gasteiger partial charge >= 0.3 is 0 Å². The van der Waals surface area contributed by atoms with Crippen molar-refractivity contribution in [2.24, 2.45) is 0 Å². The van der Waals surface area contributed by atoms with E-state index < -0.39 is 0 Å². The van der Waals surface area contributed by atoms with Crippen LogP contribution in [0.4, 0.5) is 0 Å². The predicted molar refractivity (Wildman–Crippen MR) is 122 cm³/mol. The average molecular weight is 449 g/mol. The van der Waals surface area contributed by atoms with E-state index in [0.29, 0.717) is 46.7 Å². The molecule has 2 aromatic heterocycles. The van der Waals surface area contributed by atoms with Gasteiger partial charge in [-0.1, -0.05) is 47.1 Å². The molecule has 0 unspecified atom stereocenters. The SMILES string of the molecule is O=C(Cn1c(=O)cc(-c2nc(C3CC3)no2)c2ccccc21)NCCc1ccc(Cl)cc1. The normalized spacial score (nSPS) is 13.4. The molecule has 0 bridgehead atoms. The van der Waals surface area contributed by atoms with Crippen molar-refractivity contribution >= 4 is 28.4 Å². The van der Waals surface area contributed by atoms with Gasteiger partial charge in [0.2, 0.25) is 5.91 Å². The van der Waals surface area contributed by atoms with Crippen molar-refractivity contribution in [3.63, 3.8) is 0 Å². The second-order valence-corrected chi connectivity index (χ2v) is 8.39. The molecule has 7 nitrogen and oxygen atoms in total. The maximum atomic E-state index is 12.9. The number of nitrogens with one attached hydrogen (secondary N) is 1. The van der Waals surface area contributed by atoms with Crippen LogP contribution >= 0.6 is 11.6 Å². The monoisotopic (exact) mass is 448 g/mol. The minimum atomic E-state index is -0.294. The Morgan fingerprint density at radius 1 is 1.16 bits per heavy atom. The third-order valence-corrected chi connectivity index (χ3v) is 5.84. The molecule has 0 aliphatic heterocycles. The fraction of sp³-hybridized carbons (Fsp3) is 0.250. The summed E-state index contributed by atoms with van der Waals surface area (Å²) in [7, 11) is 0. The topological polar surface area (TPSA) is 90.0 Å². The number of halogens is 1. The third kappa shape index (κ3) is 4.29. The number of benzene rings is 2. The van der Waals surface area contributed by atoms with Crippen LogP contribution < -0.4 is 10.9 Å². The van der Waals surface area contributed by atoms with Crippen LogP contribution in [0.5, 0.6) is 0 Å². The van der Waals surface area contributed by atoms with E-state index in [-0.39, 0.29) is 18.0 Å². The molecule has 162 valence electrons. The Kier molecular flexibility index (Phi) is 5.49. The maximum Gasteiger partial charge on any atom is 0.258 e. The van der Waals surface area contributed by atoms with E-state index in [1.165, 1.54) is 10.6 Å². The second kappa shape index (κ2) is 8.59. The van der Waals surface area contributed by atoms with Gasteiger partial charge in [0.15, 0.2) is 5.82 Å². The number of para-hydroxylation sites is 1. The number of hydrogen-bond acceptors (Lipinski definition) is 5. The highest BCUT2D eigenvalue weighted by molar-refractivity contribution is 6.30. The zero-order valence-electron chi connectivity index (χ0n) is 17.3. The molecular formula is C24H21ClN4O3. The van der Waals surface area contributed by atoms with Gasteiger partial charge in [-0.3, -0.25) is 14.2 Å². The average Bonchev–Trinajstić information content (AvgIpc) is 3.54. The third-order valence-electron chi connectivity index (χ3n) is 5.58. The Morgan fingerprint density at radius 3 is 2.72 bits per heavy atom. The molecule has 0 atom stereocenters. The lowest BCUT2D eigenvalue weighted by atomic mass is 10.1. The van der Waals surface area contributed by atoms with Crippen LogP contribution in [0.2, 0.25) is 5.02 Å². The van der Waals surface area contributed by atoms with Gasteiger partial charge in [-0.2, -0.15) is 4.98 Å². The fourth-order valence-corrected chi connectivity index (χ4v) is 3.85. The van der Waals surface area contributed by atoms with Crippen LogP contribution in [-0.4, -0.2) is 27.2 Å². The molecule has 8 heteroatoms. The number of amides is 1. The first-order valence-corrected chi connectivity index (χ1v) is 10.9. The van der Waals surface area contributed by atoms with Gasteiger partial charge in [0.05, 0.1) is 11.1 Å². The number of hydrogen-bond donors (Lipinski definition) is 1. The van der Waals surface area contributed by atoms with E-state index in [1.807, 2.05) is 48.5 Å². The molecule has 1 fully saturated rings. The lowest BCUT2D eigenvalue weighted by Gasteiger charge is -2.12. The highest BCUT2D eigenvalue weighted by Gasteiger charge is 2.29. The van der Waals surface area contributed by atoms with Gasteiger partial charge in [-0.05, 0) is 43.0 Å². The summed E-state index contributed by atoms with van der Waals surface area (Å²) in [4.78, 5) is 30.0. The molecular weight excluding hydrogens is 428 g/mol. The molecule has 1 amide bonds. The van der Waals surface area contributed by atoms with Gasteiger partial charge in [-0.25, -0.2) is 0 Å². The smallest absolute Gasteiger partial charge is 0.258 e. The first kappa shape index (κ1) is 20.5. The highest BCUT2D eigenvalue weighted by atomic mass is 35.5. The molecule has 32 heavy (non-hydrogen) atoms. The van der Waals surface area contributed by atoms with Gasteiger partial charge in [0.1, 0.15) is 6.54 Å². The largest absolute Gasteiger partial charge is 0.354 e. The van der Waals surface area contributed by atoms with Crippen molar-refractivity contribution in [2.75, 3.05) is 6.54 Å². The number of aromatic nitrogens is 3. The van der Waals surface area contributed by atoms with Crippen molar-refractivity contribution in [2.45, 2.75) is 31.7 Å². The molecule has 0 saturated heterocycles. The van der Waals surface area contributed by atoms with E-state index in [0.717, 1.165) is 23.8 Å². The van der Waals surface area contributed by atoms with E-state index in [1.54, 1.807) is 0 Å². The Bertz CT molecular complexity index is 1340. The highest BCUT2D eigenvalue weighted by Crippen LogP contribution is 2.39. The molecule has 1 aliphatic rings. The van der Waals surface area contributed by atoms with Gasteiger partial charge in [0.25, 0.3) is 11.4 Å². The van der Waals surface area contributed by atoms with Crippen molar-refractivity contribution in [1.29, 1.82) is 0 Å². The predicted octanol–water partition coefficient (Wildman–Crippen LogP) is 3.94. The summed E-state index contributed by atoms with van der Waals surface area (Å²) in [5.74, 6) is 1.15. The lowest BCUT2D eigenvalue weighted by molar-refractivity contribution is -0.121. The van der Waals surface area contributed by atoms with Gasteiger partial charge in [0, 0.05) is 28.9 Å². The van der Waals surface area contributed by atoms with E-state index in [9.17, 15) is 9.59 Å². The van der Waals surface area contributed by atoms with Crippen molar-refractivity contribution < 1.29 is 9.32 Å². The molecule has 0 radical (unpaired) electrons. The number of nitrogens with zero attached hydrogens (tertiary/aromatic N) is 3. The molecule has 1 aliphatic carbocycles. The van der Waals surface area contributed by atoms with Gasteiger partial charge in [-0.15, -0.1) is 0 Å². The summed E-state index contributed by atoms with van der Waals surface area (Å²) in [5.41, 5.74) is 2.02. The second-order valence-electron chi connectivity index (χ2n) is 7.96. The van der Waals surface area contributed by atoms with Gasteiger partial charge < -0.3 is 9.84 Å². The van der Waals surface area contributed by atoms with E-state index >= 15 is 0 Å². The fourth-order valence-electron chi connectivity index (χ4n) is 3.72. The zero-order valence-corrected chi connectivity index (χ0v) is 18.0. The standard InChI is InChI=1S/C24H21ClN4O3/c25-17-9-5-15(6-10-17)11-12-26-21(30)14-29-20-4-2-1-3-18(20)19(13-22(29)31)24-27-23(28-32-24)16-7-8-16/h1-6,9-10,13,16H,7-8,11-12,14H2,(H,26,30). The van der Waals surface area contributed by atoms with E-state index in [4.69, 9.17) is 16.1 Å². The zero-order chi connectivity index (χ0) is 22.1.